The summed E-state index contributed by atoms with van der Waals surface area (Å²) in [6.45, 7) is 3.93. The molecule has 0 aliphatic heterocycles. The molecule has 88 valence electrons. The van der Waals surface area contributed by atoms with E-state index in [9.17, 15) is 0 Å². The smallest absolute Gasteiger partial charge is 0.222 e. The predicted molar refractivity (Wildman–Crippen MR) is 70.4 cm³/mol. The summed E-state index contributed by atoms with van der Waals surface area (Å²) in [6.07, 6.45) is 0.875. The van der Waals surface area contributed by atoms with Gasteiger partial charge in [0, 0.05) is 16.2 Å². The van der Waals surface area contributed by atoms with E-state index in [-0.39, 0.29) is 0 Å². The molecule has 0 unspecified atom stereocenters. The lowest BCUT2D eigenvalue weighted by atomic mass is 10.3. The lowest BCUT2D eigenvalue weighted by Crippen LogP contribution is -1.97. The maximum atomic E-state index is 5.68. The van der Waals surface area contributed by atoms with Gasteiger partial charge in [0.05, 0.1) is 0 Å². The van der Waals surface area contributed by atoms with Crippen molar-refractivity contribution < 1.29 is 4.74 Å². The van der Waals surface area contributed by atoms with E-state index in [2.05, 4.69) is 32.8 Å². The molecule has 2 aromatic rings. The molecule has 0 spiro atoms. The minimum atomic E-state index is 0.594. The van der Waals surface area contributed by atoms with Crippen LogP contribution in [0.5, 0.6) is 11.6 Å². The van der Waals surface area contributed by atoms with E-state index in [0.717, 1.165) is 28.2 Å². The highest BCUT2D eigenvalue weighted by Gasteiger charge is 2.03. The molecule has 0 bridgehead atoms. The summed E-state index contributed by atoms with van der Waals surface area (Å²) in [5.41, 5.74) is 0.990. The maximum absolute atomic E-state index is 5.68. The first kappa shape index (κ1) is 12.0. The Morgan fingerprint density at radius 1 is 1.18 bits per heavy atom. The molecule has 0 saturated carbocycles. The van der Waals surface area contributed by atoms with Gasteiger partial charge in [0.15, 0.2) is 0 Å². The lowest BCUT2D eigenvalue weighted by molar-refractivity contribution is 0.458. The van der Waals surface area contributed by atoms with Crippen LogP contribution in [-0.4, -0.2) is 9.97 Å². The van der Waals surface area contributed by atoms with Gasteiger partial charge in [-0.25, -0.2) is 4.98 Å². The second kappa shape index (κ2) is 5.27. The third kappa shape index (κ3) is 3.27. The molecule has 0 aliphatic carbocycles. The van der Waals surface area contributed by atoms with Crippen LogP contribution in [0.3, 0.4) is 0 Å². The molecule has 0 N–H and O–H groups in total. The number of hydrogen-bond donors (Lipinski definition) is 0. The van der Waals surface area contributed by atoms with Crippen molar-refractivity contribution in [3.8, 4) is 11.6 Å². The molecule has 4 heteroatoms. The second-order valence-electron chi connectivity index (χ2n) is 3.65. The van der Waals surface area contributed by atoms with E-state index in [1.807, 2.05) is 37.3 Å². The summed E-state index contributed by atoms with van der Waals surface area (Å²) in [6, 6.07) is 9.53. The Balaban J connectivity index is 2.23. The molecule has 0 aliphatic rings. The van der Waals surface area contributed by atoms with Crippen LogP contribution in [0.2, 0.25) is 0 Å². The molecule has 1 aromatic carbocycles. The van der Waals surface area contributed by atoms with Crippen molar-refractivity contribution in [2.75, 3.05) is 0 Å². The zero-order valence-corrected chi connectivity index (χ0v) is 11.4. The molecule has 17 heavy (non-hydrogen) atoms. The van der Waals surface area contributed by atoms with Gasteiger partial charge in [-0.15, -0.1) is 0 Å². The standard InChI is InChI=1S/C13H13BrN2O/c1-3-11-8-13(16-9(2)15-11)17-12-6-4-10(14)5-7-12/h4-8H,3H2,1-2H3. The van der Waals surface area contributed by atoms with E-state index in [0.29, 0.717) is 5.88 Å². The highest BCUT2D eigenvalue weighted by atomic mass is 79.9. The Hall–Kier alpha value is -1.42. The fraction of sp³-hybridized carbons (Fsp3) is 0.231. The second-order valence-corrected chi connectivity index (χ2v) is 4.57. The summed E-state index contributed by atoms with van der Waals surface area (Å²) in [7, 11) is 0. The molecular weight excluding hydrogens is 280 g/mol. The Labute approximate surface area is 109 Å². The summed E-state index contributed by atoms with van der Waals surface area (Å²) < 4.78 is 6.71. The molecule has 2 rings (SSSR count). The quantitative estimate of drug-likeness (QED) is 0.860. The van der Waals surface area contributed by atoms with Crippen molar-refractivity contribution in [1.29, 1.82) is 0 Å². The molecule has 0 saturated heterocycles. The molecule has 0 amide bonds. The van der Waals surface area contributed by atoms with Crippen LogP contribution in [0.1, 0.15) is 18.4 Å². The summed E-state index contributed by atoms with van der Waals surface area (Å²) in [5, 5.41) is 0. The minimum Gasteiger partial charge on any atom is -0.439 e. The Bertz CT molecular complexity index is 511. The van der Waals surface area contributed by atoms with Crippen molar-refractivity contribution in [2.45, 2.75) is 20.3 Å². The van der Waals surface area contributed by atoms with Crippen molar-refractivity contribution in [3.63, 3.8) is 0 Å². The summed E-state index contributed by atoms with van der Waals surface area (Å²) in [4.78, 5) is 8.56. The predicted octanol–water partition coefficient (Wildman–Crippen LogP) is 3.90. The van der Waals surface area contributed by atoms with Gasteiger partial charge in [-0.05, 0) is 37.6 Å². The number of rotatable bonds is 3. The SMILES string of the molecule is CCc1cc(Oc2ccc(Br)cc2)nc(C)n1. The molecular formula is C13H13BrN2O. The third-order valence-corrected chi connectivity index (χ3v) is 2.79. The normalized spacial score (nSPS) is 10.3. The number of ether oxygens (including phenoxy) is 1. The van der Waals surface area contributed by atoms with Gasteiger partial charge in [-0.2, -0.15) is 4.98 Å². The Morgan fingerprint density at radius 3 is 2.53 bits per heavy atom. The van der Waals surface area contributed by atoms with E-state index in [1.165, 1.54) is 0 Å². The van der Waals surface area contributed by atoms with Crippen molar-refractivity contribution >= 4 is 15.9 Å². The van der Waals surface area contributed by atoms with Crippen molar-refractivity contribution in [1.82, 2.24) is 9.97 Å². The first-order valence-corrected chi connectivity index (χ1v) is 6.24. The fourth-order valence-corrected chi connectivity index (χ4v) is 1.72. The van der Waals surface area contributed by atoms with E-state index in [4.69, 9.17) is 4.74 Å². The number of aromatic nitrogens is 2. The minimum absolute atomic E-state index is 0.594. The van der Waals surface area contributed by atoms with E-state index in [1.54, 1.807) is 0 Å². The first-order chi connectivity index (χ1) is 8.17. The summed E-state index contributed by atoms with van der Waals surface area (Å²) >= 11 is 3.38. The molecule has 3 nitrogen and oxygen atoms in total. The number of benzene rings is 1. The monoisotopic (exact) mass is 292 g/mol. The van der Waals surface area contributed by atoms with Crippen LogP contribution in [0, 0.1) is 6.92 Å². The van der Waals surface area contributed by atoms with E-state index >= 15 is 0 Å². The van der Waals surface area contributed by atoms with Crippen LogP contribution < -0.4 is 4.74 Å². The van der Waals surface area contributed by atoms with Gasteiger partial charge in [0.2, 0.25) is 5.88 Å². The van der Waals surface area contributed by atoms with Gasteiger partial charge < -0.3 is 4.74 Å². The largest absolute Gasteiger partial charge is 0.439 e. The van der Waals surface area contributed by atoms with Crippen LogP contribution in [0.15, 0.2) is 34.8 Å². The van der Waals surface area contributed by atoms with Gasteiger partial charge in [0.25, 0.3) is 0 Å². The molecule has 0 fully saturated rings. The van der Waals surface area contributed by atoms with Crippen molar-refractivity contribution in [3.05, 3.63) is 46.3 Å². The highest BCUT2D eigenvalue weighted by Crippen LogP contribution is 2.22. The van der Waals surface area contributed by atoms with E-state index < -0.39 is 0 Å². The molecule has 1 aromatic heterocycles. The van der Waals surface area contributed by atoms with Crippen LogP contribution >= 0.6 is 15.9 Å². The third-order valence-electron chi connectivity index (χ3n) is 2.27. The topological polar surface area (TPSA) is 35.0 Å². The Kier molecular flexibility index (Phi) is 3.74. The van der Waals surface area contributed by atoms with Crippen LogP contribution in [0.4, 0.5) is 0 Å². The Morgan fingerprint density at radius 2 is 1.88 bits per heavy atom. The van der Waals surface area contributed by atoms with Crippen molar-refractivity contribution in [2.24, 2.45) is 0 Å². The molecule has 0 atom stereocenters. The zero-order chi connectivity index (χ0) is 12.3. The molecule has 1 heterocycles. The zero-order valence-electron chi connectivity index (χ0n) is 9.77. The van der Waals surface area contributed by atoms with Gasteiger partial charge >= 0.3 is 0 Å². The number of hydrogen-bond acceptors (Lipinski definition) is 3. The maximum Gasteiger partial charge on any atom is 0.222 e. The fourth-order valence-electron chi connectivity index (χ4n) is 1.46. The molecule has 0 radical (unpaired) electrons. The van der Waals surface area contributed by atoms with Crippen LogP contribution in [-0.2, 0) is 6.42 Å². The van der Waals surface area contributed by atoms with Gasteiger partial charge in [-0.3, -0.25) is 0 Å². The first-order valence-electron chi connectivity index (χ1n) is 5.45. The number of halogens is 1. The summed E-state index contributed by atoms with van der Waals surface area (Å²) in [5.74, 6) is 2.10. The number of nitrogens with zero attached hydrogens (tertiary/aromatic N) is 2. The van der Waals surface area contributed by atoms with Gasteiger partial charge in [-0.1, -0.05) is 22.9 Å². The highest BCUT2D eigenvalue weighted by molar-refractivity contribution is 9.10. The number of aryl methyl sites for hydroxylation is 2. The van der Waals surface area contributed by atoms with Gasteiger partial charge in [0.1, 0.15) is 11.6 Å². The average molecular weight is 293 g/mol. The average Bonchev–Trinajstić information content (AvgIpc) is 2.31. The lowest BCUT2D eigenvalue weighted by Gasteiger charge is -2.06. The van der Waals surface area contributed by atoms with Crippen LogP contribution in [0.25, 0.3) is 0 Å².